The van der Waals surface area contributed by atoms with Gasteiger partial charge in [-0.2, -0.15) is 5.10 Å². The number of benzene rings is 2. The molecule has 4 rings (SSSR count). The summed E-state index contributed by atoms with van der Waals surface area (Å²) in [5, 5.41) is 8.26. The van der Waals surface area contributed by atoms with Crippen LogP contribution in [0.5, 0.6) is 0 Å². The molecule has 2 aromatic carbocycles. The SMILES string of the molecule is Cc1cccc(-c2c(C)nn3c(C)c(C(=O)NCc4ccc(Cl)cc4)cnc23)c1. The van der Waals surface area contributed by atoms with Gasteiger partial charge in [0.1, 0.15) is 0 Å². The number of carbonyl (C=O) groups excluding carboxylic acids is 1. The van der Waals surface area contributed by atoms with E-state index in [0.717, 1.165) is 33.7 Å². The highest BCUT2D eigenvalue weighted by molar-refractivity contribution is 6.30. The minimum atomic E-state index is -0.183. The molecule has 1 amide bonds. The van der Waals surface area contributed by atoms with Crippen molar-refractivity contribution in [3.05, 3.63) is 87.8 Å². The number of nitrogens with zero attached hydrogens (tertiary/aromatic N) is 3. The molecule has 0 unspecified atom stereocenters. The van der Waals surface area contributed by atoms with E-state index < -0.39 is 0 Å². The van der Waals surface area contributed by atoms with Gasteiger partial charge >= 0.3 is 0 Å². The number of carbonyl (C=O) groups is 1. The van der Waals surface area contributed by atoms with E-state index in [1.807, 2.05) is 32.0 Å². The molecule has 1 N–H and O–H groups in total. The molecule has 0 spiro atoms. The molecule has 0 radical (unpaired) electrons. The normalized spacial score (nSPS) is 11.0. The largest absolute Gasteiger partial charge is 0.348 e. The third kappa shape index (κ3) is 3.74. The van der Waals surface area contributed by atoms with E-state index in [2.05, 4.69) is 40.5 Å². The number of halogens is 1. The van der Waals surface area contributed by atoms with E-state index in [4.69, 9.17) is 11.6 Å². The molecule has 0 aliphatic rings. The molecule has 29 heavy (non-hydrogen) atoms. The van der Waals surface area contributed by atoms with E-state index in [0.29, 0.717) is 17.1 Å². The van der Waals surface area contributed by atoms with Crippen LogP contribution in [0.25, 0.3) is 16.8 Å². The highest BCUT2D eigenvalue weighted by atomic mass is 35.5. The number of fused-ring (bicyclic) bond motifs is 1. The molecular weight excluding hydrogens is 384 g/mol. The maximum absolute atomic E-state index is 12.7. The van der Waals surface area contributed by atoms with Gasteiger partial charge in [0.05, 0.1) is 17.0 Å². The first kappa shape index (κ1) is 19.2. The molecule has 146 valence electrons. The fourth-order valence-electron chi connectivity index (χ4n) is 3.44. The molecule has 0 atom stereocenters. The third-order valence-corrected chi connectivity index (χ3v) is 5.23. The van der Waals surface area contributed by atoms with Crippen molar-refractivity contribution in [3.63, 3.8) is 0 Å². The fourth-order valence-corrected chi connectivity index (χ4v) is 3.57. The zero-order chi connectivity index (χ0) is 20.5. The van der Waals surface area contributed by atoms with Crippen LogP contribution in [0.15, 0.2) is 54.7 Å². The Kier molecular flexibility index (Phi) is 5.07. The molecular formula is C23H21ClN4O. The first-order chi connectivity index (χ1) is 13.9. The minimum absolute atomic E-state index is 0.183. The lowest BCUT2D eigenvalue weighted by Gasteiger charge is -2.09. The average Bonchev–Trinajstić information content (AvgIpc) is 3.04. The maximum atomic E-state index is 12.7. The molecule has 0 aliphatic carbocycles. The number of aryl methyl sites for hydroxylation is 3. The van der Waals surface area contributed by atoms with Crippen LogP contribution >= 0.6 is 11.6 Å². The minimum Gasteiger partial charge on any atom is -0.348 e. The summed E-state index contributed by atoms with van der Waals surface area (Å²) in [6, 6.07) is 15.7. The van der Waals surface area contributed by atoms with Crippen molar-refractivity contribution in [3.8, 4) is 11.1 Å². The van der Waals surface area contributed by atoms with Gasteiger partial charge in [-0.3, -0.25) is 4.79 Å². The van der Waals surface area contributed by atoms with Crippen molar-refractivity contribution in [2.45, 2.75) is 27.3 Å². The number of hydrogen-bond donors (Lipinski definition) is 1. The molecule has 6 heteroatoms. The van der Waals surface area contributed by atoms with Gasteiger partial charge in [0.25, 0.3) is 5.91 Å². The second-order valence-electron chi connectivity index (χ2n) is 7.13. The van der Waals surface area contributed by atoms with Gasteiger partial charge in [0, 0.05) is 23.3 Å². The van der Waals surface area contributed by atoms with Gasteiger partial charge in [-0.25, -0.2) is 9.50 Å². The van der Waals surface area contributed by atoms with E-state index in [1.165, 1.54) is 5.56 Å². The van der Waals surface area contributed by atoms with Crippen molar-refractivity contribution >= 4 is 23.2 Å². The first-order valence-electron chi connectivity index (χ1n) is 9.38. The van der Waals surface area contributed by atoms with Gasteiger partial charge in [-0.1, -0.05) is 53.6 Å². The predicted molar refractivity (Wildman–Crippen MR) is 115 cm³/mol. The van der Waals surface area contributed by atoms with Crippen LogP contribution in [0.3, 0.4) is 0 Å². The monoisotopic (exact) mass is 404 g/mol. The maximum Gasteiger partial charge on any atom is 0.254 e. The van der Waals surface area contributed by atoms with E-state index >= 15 is 0 Å². The van der Waals surface area contributed by atoms with Crippen LogP contribution in [0.1, 0.15) is 32.9 Å². The standard InChI is InChI=1S/C23H21ClN4O/c1-14-5-4-6-18(11-14)21-15(2)27-28-16(3)20(13-25-22(21)28)23(29)26-12-17-7-9-19(24)10-8-17/h4-11,13H,12H2,1-3H3,(H,26,29). The Hall–Kier alpha value is -3.18. The molecule has 5 nitrogen and oxygen atoms in total. The number of nitrogens with one attached hydrogen (secondary N) is 1. The number of amides is 1. The molecule has 4 aromatic rings. The second-order valence-corrected chi connectivity index (χ2v) is 7.57. The third-order valence-electron chi connectivity index (χ3n) is 4.98. The Labute approximate surface area is 174 Å². The lowest BCUT2D eigenvalue weighted by atomic mass is 10.0. The van der Waals surface area contributed by atoms with Crippen molar-refractivity contribution in [1.82, 2.24) is 19.9 Å². The van der Waals surface area contributed by atoms with Gasteiger partial charge in [-0.15, -0.1) is 0 Å². The second kappa shape index (κ2) is 7.68. The Morgan fingerprint density at radius 2 is 1.86 bits per heavy atom. The van der Waals surface area contributed by atoms with Gasteiger partial charge in [0.15, 0.2) is 5.65 Å². The Morgan fingerprint density at radius 1 is 1.10 bits per heavy atom. The summed E-state index contributed by atoms with van der Waals surface area (Å²) in [6.45, 7) is 6.33. The molecule has 2 aromatic heterocycles. The summed E-state index contributed by atoms with van der Waals surface area (Å²) in [4.78, 5) is 17.3. The summed E-state index contributed by atoms with van der Waals surface area (Å²) in [5.74, 6) is -0.183. The molecule has 0 saturated heterocycles. The van der Waals surface area contributed by atoms with Crippen LogP contribution in [-0.4, -0.2) is 20.5 Å². The summed E-state index contributed by atoms with van der Waals surface area (Å²) >= 11 is 5.91. The zero-order valence-electron chi connectivity index (χ0n) is 16.5. The highest BCUT2D eigenvalue weighted by Gasteiger charge is 2.18. The van der Waals surface area contributed by atoms with E-state index in [1.54, 1.807) is 22.8 Å². The van der Waals surface area contributed by atoms with E-state index in [-0.39, 0.29) is 5.91 Å². The van der Waals surface area contributed by atoms with E-state index in [9.17, 15) is 4.79 Å². The van der Waals surface area contributed by atoms with Crippen LogP contribution in [0.2, 0.25) is 5.02 Å². The van der Waals surface area contributed by atoms with Crippen LogP contribution in [0.4, 0.5) is 0 Å². The van der Waals surface area contributed by atoms with Gasteiger partial charge < -0.3 is 5.32 Å². The first-order valence-corrected chi connectivity index (χ1v) is 9.76. The summed E-state index contributed by atoms with van der Waals surface area (Å²) in [5.41, 5.74) is 7.11. The molecule has 2 heterocycles. The quantitative estimate of drug-likeness (QED) is 0.526. The Morgan fingerprint density at radius 3 is 2.59 bits per heavy atom. The van der Waals surface area contributed by atoms with Crippen LogP contribution in [-0.2, 0) is 6.54 Å². The van der Waals surface area contributed by atoms with Crippen molar-refractivity contribution < 1.29 is 4.79 Å². The number of rotatable bonds is 4. The smallest absolute Gasteiger partial charge is 0.254 e. The summed E-state index contributed by atoms with van der Waals surface area (Å²) in [6.07, 6.45) is 1.63. The van der Waals surface area contributed by atoms with Crippen molar-refractivity contribution in [1.29, 1.82) is 0 Å². The zero-order valence-corrected chi connectivity index (χ0v) is 17.3. The lowest BCUT2D eigenvalue weighted by Crippen LogP contribution is -2.24. The van der Waals surface area contributed by atoms with Crippen LogP contribution in [0, 0.1) is 20.8 Å². The highest BCUT2D eigenvalue weighted by Crippen LogP contribution is 2.28. The number of aromatic nitrogens is 3. The summed E-state index contributed by atoms with van der Waals surface area (Å²) in [7, 11) is 0. The Bertz CT molecular complexity index is 1210. The van der Waals surface area contributed by atoms with Gasteiger partial charge in [-0.05, 0) is 44.0 Å². The molecule has 0 fully saturated rings. The predicted octanol–water partition coefficient (Wildman–Crippen LogP) is 4.90. The lowest BCUT2D eigenvalue weighted by molar-refractivity contribution is 0.0949. The van der Waals surface area contributed by atoms with Crippen LogP contribution < -0.4 is 5.32 Å². The van der Waals surface area contributed by atoms with Crippen molar-refractivity contribution in [2.24, 2.45) is 0 Å². The number of hydrogen-bond acceptors (Lipinski definition) is 3. The molecule has 0 saturated carbocycles. The Balaban J connectivity index is 1.66. The van der Waals surface area contributed by atoms with Crippen molar-refractivity contribution in [2.75, 3.05) is 0 Å². The fraction of sp³-hybridized carbons (Fsp3) is 0.174. The molecule has 0 aliphatic heterocycles. The topological polar surface area (TPSA) is 59.3 Å². The molecule has 0 bridgehead atoms. The summed E-state index contributed by atoms with van der Waals surface area (Å²) < 4.78 is 1.75. The average molecular weight is 405 g/mol. The van der Waals surface area contributed by atoms with Gasteiger partial charge in [0.2, 0.25) is 0 Å².